The zero-order chi connectivity index (χ0) is 13.1. The highest BCUT2D eigenvalue weighted by Gasteiger charge is 2.08. The summed E-state index contributed by atoms with van der Waals surface area (Å²) in [6, 6.07) is 5.34. The summed E-state index contributed by atoms with van der Waals surface area (Å²) in [5, 5.41) is 12.6. The van der Waals surface area contributed by atoms with Gasteiger partial charge in [-0.25, -0.2) is 4.98 Å². The Morgan fingerprint density at radius 2 is 2.17 bits per heavy atom. The number of imidazole rings is 1. The van der Waals surface area contributed by atoms with Gasteiger partial charge in [0.05, 0.1) is 10.0 Å². The molecule has 5 nitrogen and oxygen atoms in total. The Bertz CT molecular complexity index is 594. The van der Waals surface area contributed by atoms with E-state index in [1.807, 2.05) is 6.07 Å². The third kappa shape index (κ3) is 2.57. The van der Waals surface area contributed by atoms with Crippen molar-refractivity contribution in [3.8, 4) is 0 Å². The first-order valence-corrected chi connectivity index (χ1v) is 5.80. The Hall–Kier alpha value is -1.72. The van der Waals surface area contributed by atoms with Crippen molar-refractivity contribution in [1.29, 1.82) is 0 Å². The van der Waals surface area contributed by atoms with Crippen molar-refractivity contribution < 1.29 is 5.21 Å². The predicted molar refractivity (Wildman–Crippen MR) is 70.3 cm³/mol. The smallest absolute Gasteiger partial charge is 0.206 e. The zero-order valence-electron chi connectivity index (χ0n) is 9.22. The van der Waals surface area contributed by atoms with E-state index in [0.717, 1.165) is 5.56 Å². The van der Waals surface area contributed by atoms with Gasteiger partial charge in [0, 0.05) is 18.9 Å². The average Bonchev–Trinajstić information content (AvgIpc) is 2.81. The van der Waals surface area contributed by atoms with E-state index < -0.39 is 0 Å². The van der Waals surface area contributed by atoms with Crippen molar-refractivity contribution in [1.82, 2.24) is 9.55 Å². The molecule has 0 atom stereocenters. The number of oxime groups is 1. The van der Waals surface area contributed by atoms with Gasteiger partial charge in [0.25, 0.3) is 0 Å². The SMILES string of the molecule is NC(=NO)c1nccn1Cc1ccc(Cl)c(Cl)c1. The van der Waals surface area contributed by atoms with Gasteiger partial charge in [-0.2, -0.15) is 0 Å². The summed E-state index contributed by atoms with van der Waals surface area (Å²) in [5.74, 6) is 0.351. The first kappa shape index (κ1) is 12.7. The van der Waals surface area contributed by atoms with Crippen LogP contribution in [-0.2, 0) is 6.54 Å². The molecule has 1 aromatic carbocycles. The first-order chi connectivity index (χ1) is 8.61. The van der Waals surface area contributed by atoms with Gasteiger partial charge >= 0.3 is 0 Å². The third-order valence-electron chi connectivity index (χ3n) is 2.39. The number of nitrogens with zero attached hydrogens (tertiary/aromatic N) is 3. The van der Waals surface area contributed by atoms with Gasteiger partial charge in [-0.3, -0.25) is 0 Å². The van der Waals surface area contributed by atoms with E-state index in [1.165, 1.54) is 0 Å². The second kappa shape index (κ2) is 5.29. The van der Waals surface area contributed by atoms with Gasteiger partial charge < -0.3 is 15.5 Å². The minimum atomic E-state index is -0.0416. The largest absolute Gasteiger partial charge is 0.409 e. The van der Waals surface area contributed by atoms with Crippen LogP contribution in [0.4, 0.5) is 0 Å². The highest BCUT2D eigenvalue weighted by Crippen LogP contribution is 2.23. The highest BCUT2D eigenvalue weighted by atomic mass is 35.5. The second-order valence-corrected chi connectivity index (χ2v) is 4.43. The molecule has 0 fully saturated rings. The lowest BCUT2D eigenvalue weighted by atomic mass is 10.2. The lowest BCUT2D eigenvalue weighted by Crippen LogP contribution is -2.19. The van der Waals surface area contributed by atoms with Crippen molar-refractivity contribution in [2.45, 2.75) is 6.54 Å². The van der Waals surface area contributed by atoms with Crippen LogP contribution in [-0.4, -0.2) is 20.6 Å². The van der Waals surface area contributed by atoms with Gasteiger partial charge in [-0.15, -0.1) is 0 Å². The van der Waals surface area contributed by atoms with Crippen LogP contribution < -0.4 is 5.73 Å². The molecular weight excluding hydrogens is 275 g/mol. The number of benzene rings is 1. The summed E-state index contributed by atoms with van der Waals surface area (Å²) in [5.41, 5.74) is 6.46. The lowest BCUT2D eigenvalue weighted by molar-refractivity contribution is 0.318. The molecule has 18 heavy (non-hydrogen) atoms. The molecule has 2 rings (SSSR count). The minimum Gasteiger partial charge on any atom is -0.409 e. The van der Waals surface area contributed by atoms with Crippen LogP contribution in [0.25, 0.3) is 0 Å². The highest BCUT2D eigenvalue weighted by molar-refractivity contribution is 6.42. The van der Waals surface area contributed by atoms with E-state index in [9.17, 15) is 0 Å². The molecule has 0 aliphatic heterocycles. The number of nitrogens with two attached hydrogens (primary N) is 1. The molecule has 0 aliphatic carbocycles. The van der Waals surface area contributed by atoms with Crippen molar-refractivity contribution in [2.24, 2.45) is 10.9 Å². The molecule has 0 bridgehead atoms. The lowest BCUT2D eigenvalue weighted by Gasteiger charge is -2.07. The van der Waals surface area contributed by atoms with Crippen molar-refractivity contribution in [2.75, 3.05) is 0 Å². The molecular formula is C11H10Cl2N4O. The number of hydrogen-bond donors (Lipinski definition) is 2. The number of hydrogen-bond acceptors (Lipinski definition) is 3. The van der Waals surface area contributed by atoms with Crippen LogP contribution in [0.3, 0.4) is 0 Å². The molecule has 7 heteroatoms. The van der Waals surface area contributed by atoms with Crippen molar-refractivity contribution in [3.63, 3.8) is 0 Å². The minimum absolute atomic E-state index is 0.0416. The van der Waals surface area contributed by atoms with Gasteiger partial charge in [0.1, 0.15) is 0 Å². The molecule has 0 unspecified atom stereocenters. The molecule has 2 aromatic rings. The molecule has 0 amide bonds. The maximum Gasteiger partial charge on any atom is 0.206 e. The summed E-state index contributed by atoms with van der Waals surface area (Å²) in [7, 11) is 0. The summed E-state index contributed by atoms with van der Waals surface area (Å²) < 4.78 is 1.74. The molecule has 1 aromatic heterocycles. The Morgan fingerprint density at radius 1 is 1.39 bits per heavy atom. The summed E-state index contributed by atoms with van der Waals surface area (Å²) in [6.45, 7) is 0.502. The van der Waals surface area contributed by atoms with E-state index in [-0.39, 0.29) is 5.84 Å². The summed E-state index contributed by atoms with van der Waals surface area (Å²) in [6.07, 6.45) is 3.31. The second-order valence-electron chi connectivity index (χ2n) is 3.61. The first-order valence-electron chi connectivity index (χ1n) is 5.05. The van der Waals surface area contributed by atoms with Crippen molar-refractivity contribution in [3.05, 3.63) is 52.0 Å². The van der Waals surface area contributed by atoms with E-state index in [0.29, 0.717) is 22.4 Å². The molecule has 0 aliphatic rings. The van der Waals surface area contributed by atoms with Gasteiger partial charge in [-0.1, -0.05) is 34.4 Å². The fourth-order valence-corrected chi connectivity index (χ4v) is 1.87. The van der Waals surface area contributed by atoms with Gasteiger partial charge in [0.2, 0.25) is 5.84 Å². The molecule has 1 heterocycles. The summed E-state index contributed by atoms with van der Waals surface area (Å²) in [4.78, 5) is 4.01. The van der Waals surface area contributed by atoms with Gasteiger partial charge in [-0.05, 0) is 17.7 Å². The Balaban J connectivity index is 2.29. The topological polar surface area (TPSA) is 76.4 Å². The maximum absolute atomic E-state index is 8.65. The molecule has 0 spiro atoms. The Labute approximate surface area is 113 Å². The molecule has 3 N–H and O–H groups in total. The number of amidine groups is 1. The maximum atomic E-state index is 8.65. The Morgan fingerprint density at radius 3 is 2.83 bits per heavy atom. The van der Waals surface area contributed by atoms with E-state index in [2.05, 4.69) is 10.1 Å². The van der Waals surface area contributed by atoms with E-state index in [1.54, 1.807) is 29.1 Å². The van der Waals surface area contributed by atoms with Crippen LogP contribution in [0.15, 0.2) is 35.7 Å². The third-order valence-corrected chi connectivity index (χ3v) is 3.13. The molecule has 0 saturated carbocycles. The van der Waals surface area contributed by atoms with Gasteiger partial charge in [0.15, 0.2) is 5.82 Å². The van der Waals surface area contributed by atoms with Crippen LogP contribution in [0.2, 0.25) is 10.0 Å². The average molecular weight is 285 g/mol. The zero-order valence-corrected chi connectivity index (χ0v) is 10.7. The molecule has 94 valence electrons. The van der Waals surface area contributed by atoms with E-state index in [4.69, 9.17) is 34.1 Å². The standard InChI is InChI=1S/C11H10Cl2N4O/c12-8-2-1-7(5-9(8)13)6-17-4-3-15-11(17)10(14)16-18/h1-5,18H,6H2,(H2,14,16). The fourth-order valence-electron chi connectivity index (χ4n) is 1.55. The van der Waals surface area contributed by atoms with Crippen LogP contribution in [0.5, 0.6) is 0 Å². The predicted octanol–water partition coefficient (Wildman–Crippen LogP) is 2.33. The number of aromatic nitrogens is 2. The normalized spacial score (nSPS) is 11.8. The van der Waals surface area contributed by atoms with Crippen LogP contribution in [0, 0.1) is 0 Å². The van der Waals surface area contributed by atoms with E-state index >= 15 is 0 Å². The Kier molecular flexibility index (Phi) is 3.74. The summed E-state index contributed by atoms with van der Waals surface area (Å²) >= 11 is 11.8. The number of halogens is 2. The fraction of sp³-hybridized carbons (Fsp3) is 0.0909. The van der Waals surface area contributed by atoms with Crippen LogP contribution in [0.1, 0.15) is 11.4 Å². The number of rotatable bonds is 3. The van der Waals surface area contributed by atoms with Crippen LogP contribution >= 0.6 is 23.2 Å². The molecule has 0 radical (unpaired) electrons. The van der Waals surface area contributed by atoms with Crippen molar-refractivity contribution >= 4 is 29.0 Å². The molecule has 0 saturated heterocycles. The quantitative estimate of drug-likeness (QED) is 0.393. The monoisotopic (exact) mass is 284 g/mol.